The summed E-state index contributed by atoms with van der Waals surface area (Å²) in [6, 6.07) is 12.8. The van der Waals surface area contributed by atoms with Crippen LogP contribution in [0, 0.1) is 18.3 Å². The van der Waals surface area contributed by atoms with Crippen molar-refractivity contribution in [3.8, 4) is 5.75 Å². The number of nitrogens with zero attached hydrogens (tertiary/aromatic N) is 5. The summed E-state index contributed by atoms with van der Waals surface area (Å²) in [5.74, 6) is 0.0385. The molecule has 2 aliphatic rings. The Labute approximate surface area is 286 Å². The number of ether oxygens (including phenoxy) is 2. The number of piperidine rings is 1. The summed E-state index contributed by atoms with van der Waals surface area (Å²) < 4.78 is 38.8. The number of hydrogen-bond acceptors (Lipinski definition) is 9. The molecule has 1 aromatic heterocycles. The molecule has 0 spiro atoms. The number of carbonyl (C=O) groups is 1. The molecule has 2 aromatic carbocycles. The minimum absolute atomic E-state index is 0.110. The zero-order valence-corrected chi connectivity index (χ0v) is 29.9. The molecule has 2 atom stereocenters. The Morgan fingerprint density at radius 1 is 1.15 bits per heavy atom. The molecule has 0 amide bonds. The van der Waals surface area contributed by atoms with Gasteiger partial charge in [-0.3, -0.25) is 18.6 Å². The number of aryl methyl sites for hydroxylation is 1. The van der Waals surface area contributed by atoms with Crippen molar-refractivity contribution < 1.29 is 28.5 Å². The number of fused-ring (bicyclic) bond motifs is 1. The lowest BCUT2D eigenvalue weighted by Crippen LogP contribution is -2.35. The largest absolute Gasteiger partial charge is 0.487 e. The molecule has 0 radical (unpaired) electrons. The third kappa shape index (κ3) is 8.58. The summed E-state index contributed by atoms with van der Waals surface area (Å²) >= 11 is 0. The van der Waals surface area contributed by atoms with Crippen molar-refractivity contribution in [1.29, 1.82) is 0 Å². The lowest BCUT2D eigenvalue weighted by Gasteiger charge is -2.42. The summed E-state index contributed by atoms with van der Waals surface area (Å²) in [7, 11) is -3.34. The van der Waals surface area contributed by atoms with Crippen LogP contribution in [0.3, 0.4) is 0 Å². The van der Waals surface area contributed by atoms with Crippen molar-refractivity contribution in [2.45, 2.75) is 104 Å². The van der Waals surface area contributed by atoms with Crippen molar-refractivity contribution in [3.63, 3.8) is 0 Å². The molecule has 11 nitrogen and oxygen atoms in total. The molecule has 48 heavy (non-hydrogen) atoms. The lowest BCUT2D eigenvalue weighted by atomic mass is 9.81. The number of hydrogen-bond donors (Lipinski definition) is 3. The monoisotopic (exact) mass is 683 g/mol. The van der Waals surface area contributed by atoms with Gasteiger partial charge in [0.25, 0.3) is 0 Å². The standard InChI is InChI=1S/C36H53N5O6S/c1-6-7-10-17-39-18-15-28(16-19-39)22-40-24-31(37-38-40)25-46-34(36(4,5)35(42)43)29-14-13-26(2)30(20-29)23-41-21-27(3)47-32-11-8-9-12-33(32)48(41,44)45/h8-9,11-14,20,24,27-28,34,44-45H,6-7,10,15-19,21-23,25H2,1-5H3,(H,42,43). The van der Waals surface area contributed by atoms with Crippen molar-refractivity contribution in [3.05, 3.63) is 71.0 Å². The van der Waals surface area contributed by atoms with Gasteiger partial charge >= 0.3 is 5.97 Å². The van der Waals surface area contributed by atoms with E-state index in [4.69, 9.17) is 9.47 Å². The summed E-state index contributed by atoms with van der Waals surface area (Å²) in [5.41, 5.74) is 1.87. The summed E-state index contributed by atoms with van der Waals surface area (Å²) in [4.78, 5) is 15.4. The predicted molar refractivity (Wildman–Crippen MR) is 187 cm³/mol. The first-order valence-corrected chi connectivity index (χ1v) is 18.7. The van der Waals surface area contributed by atoms with Gasteiger partial charge in [-0.05, 0) is 101 Å². The van der Waals surface area contributed by atoms with Gasteiger partial charge in [0.05, 0.1) is 30.9 Å². The molecule has 12 heteroatoms. The van der Waals surface area contributed by atoms with Gasteiger partial charge in [-0.25, -0.2) is 0 Å². The van der Waals surface area contributed by atoms with E-state index in [9.17, 15) is 19.0 Å². The van der Waals surface area contributed by atoms with E-state index in [1.807, 2.05) is 49.0 Å². The topological polar surface area (TPSA) is 133 Å². The number of para-hydroxylation sites is 1. The quantitative estimate of drug-likeness (QED) is 0.150. The Morgan fingerprint density at radius 3 is 2.62 bits per heavy atom. The number of likely N-dealkylation sites (tertiary alicyclic amines) is 1. The van der Waals surface area contributed by atoms with Crippen LogP contribution in [0.5, 0.6) is 5.75 Å². The Kier molecular flexibility index (Phi) is 11.9. The summed E-state index contributed by atoms with van der Waals surface area (Å²) in [6.07, 6.45) is 6.93. The molecule has 0 aliphatic carbocycles. The van der Waals surface area contributed by atoms with Gasteiger partial charge in [0.15, 0.2) is 0 Å². The Hall–Kier alpha value is -3.00. The fourth-order valence-electron chi connectivity index (χ4n) is 6.67. The van der Waals surface area contributed by atoms with E-state index in [0.29, 0.717) is 34.4 Å². The molecular weight excluding hydrogens is 630 g/mol. The number of rotatable bonds is 14. The van der Waals surface area contributed by atoms with Crippen LogP contribution in [0.25, 0.3) is 0 Å². The smallest absolute Gasteiger partial charge is 0.312 e. The maximum Gasteiger partial charge on any atom is 0.312 e. The van der Waals surface area contributed by atoms with E-state index >= 15 is 0 Å². The van der Waals surface area contributed by atoms with Crippen molar-refractivity contribution in [1.82, 2.24) is 24.2 Å². The second-order valence-electron chi connectivity index (χ2n) is 14.0. The van der Waals surface area contributed by atoms with Crippen LogP contribution in [0.1, 0.15) is 88.3 Å². The molecule has 5 rings (SSSR count). The van der Waals surface area contributed by atoms with Crippen LogP contribution in [0.4, 0.5) is 0 Å². The third-order valence-electron chi connectivity index (χ3n) is 9.74. The van der Waals surface area contributed by atoms with Gasteiger partial charge < -0.3 is 19.5 Å². The van der Waals surface area contributed by atoms with Crippen molar-refractivity contribution >= 4 is 16.7 Å². The highest BCUT2D eigenvalue weighted by molar-refractivity contribution is 8.22. The highest BCUT2D eigenvalue weighted by Crippen LogP contribution is 2.57. The lowest BCUT2D eigenvalue weighted by molar-refractivity contribution is -0.158. The SMILES string of the molecule is CCCCCN1CCC(Cn2cc(COC(c3ccc(C)c(CN4CC(C)Oc5ccccc5S4(O)O)c3)C(C)(C)C(=O)O)nn2)CC1. The van der Waals surface area contributed by atoms with Crippen LogP contribution in [-0.4, -0.2) is 76.7 Å². The maximum absolute atomic E-state index is 12.5. The molecule has 0 saturated carbocycles. The van der Waals surface area contributed by atoms with Crippen LogP contribution in [0.15, 0.2) is 53.6 Å². The van der Waals surface area contributed by atoms with E-state index in [-0.39, 0.29) is 19.3 Å². The Bertz CT molecular complexity index is 1520. The van der Waals surface area contributed by atoms with Gasteiger partial charge in [-0.1, -0.05) is 55.3 Å². The van der Waals surface area contributed by atoms with E-state index in [1.54, 1.807) is 36.4 Å². The second-order valence-corrected chi connectivity index (χ2v) is 16.0. The van der Waals surface area contributed by atoms with Crippen LogP contribution in [-0.2, 0) is 29.2 Å². The second kappa shape index (κ2) is 15.7. The normalized spacial score (nSPS) is 20.4. The molecule has 264 valence electrons. The van der Waals surface area contributed by atoms with E-state index in [2.05, 4.69) is 22.1 Å². The Morgan fingerprint density at radius 2 is 1.90 bits per heavy atom. The fraction of sp³-hybridized carbons (Fsp3) is 0.583. The first-order chi connectivity index (χ1) is 22.9. The number of aromatic nitrogens is 3. The zero-order valence-electron chi connectivity index (χ0n) is 29.0. The average Bonchev–Trinajstić information content (AvgIpc) is 3.46. The van der Waals surface area contributed by atoms with Crippen molar-refractivity contribution in [2.24, 2.45) is 11.3 Å². The first kappa shape index (κ1) is 36.3. The highest BCUT2D eigenvalue weighted by atomic mass is 32.3. The molecule has 3 heterocycles. The number of carboxylic acids is 1. The van der Waals surface area contributed by atoms with Gasteiger partial charge in [-0.2, -0.15) is 4.31 Å². The molecule has 3 aromatic rings. The van der Waals surface area contributed by atoms with Gasteiger partial charge in [-0.15, -0.1) is 15.9 Å². The average molecular weight is 684 g/mol. The molecule has 1 saturated heterocycles. The minimum atomic E-state index is -3.34. The molecule has 2 unspecified atom stereocenters. The van der Waals surface area contributed by atoms with E-state index in [1.165, 1.54) is 25.8 Å². The predicted octanol–water partition coefficient (Wildman–Crippen LogP) is 7.17. The van der Waals surface area contributed by atoms with Crippen LogP contribution >= 0.6 is 10.8 Å². The highest BCUT2D eigenvalue weighted by Gasteiger charge is 2.40. The number of benzene rings is 2. The molecule has 3 N–H and O–H groups in total. The number of carboxylic acid groups (broad SMARTS) is 1. The Balaban J connectivity index is 1.28. The zero-order chi connectivity index (χ0) is 34.5. The van der Waals surface area contributed by atoms with Gasteiger partial charge in [0.2, 0.25) is 0 Å². The summed E-state index contributed by atoms with van der Waals surface area (Å²) in [5, 5.41) is 19.0. The van der Waals surface area contributed by atoms with Crippen LogP contribution in [0.2, 0.25) is 0 Å². The number of unbranched alkanes of at least 4 members (excludes halogenated alkanes) is 2. The van der Waals surface area contributed by atoms with Gasteiger partial charge in [0, 0.05) is 13.1 Å². The maximum atomic E-state index is 12.5. The van der Waals surface area contributed by atoms with Gasteiger partial charge in [0.1, 0.15) is 22.4 Å². The van der Waals surface area contributed by atoms with Crippen molar-refractivity contribution in [2.75, 3.05) is 26.2 Å². The minimum Gasteiger partial charge on any atom is -0.487 e. The van der Waals surface area contributed by atoms with E-state index < -0.39 is 28.3 Å². The third-order valence-corrected chi connectivity index (χ3v) is 11.7. The molecule has 1 fully saturated rings. The molecular formula is C36H53N5O6S. The fourth-order valence-corrected chi connectivity index (χ4v) is 8.33. The summed E-state index contributed by atoms with van der Waals surface area (Å²) in [6.45, 7) is 14.3. The molecule has 2 aliphatic heterocycles. The first-order valence-electron chi connectivity index (χ1n) is 17.2. The van der Waals surface area contributed by atoms with E-state index in [0.717, 1.165) is 43.6 Å². The molecule has 0 bridgehead atoms. The number of aliphatic carboxylic acids is 1. The van der Waals surface area contributed by atoms with Crippen LogP contribution < -0.4 is 4.74 Å².